The van der Waals surface area contributed by atoms with E-state index in [1.165, 1.54) is 9.21 Å². The Bertz CT molecular complexity index is 613. The number of benzene rings is 1. The molecule has 0 spiro atoms. The van der Waals surface area contributed by atoms with Crippen LogP contribution in [0.2, 0.25) is 0 Å². The molecule has 0 aliphatic carbocycles. The van der Waals surface area contributed by atoms with Crippen molar-refractivity contribution in [3.05, 3.63) is 24.3 Å². The van der Waals surface area contributed by atoms with E-state index in [1.54, 1.807) is 31.3 Å². The lowest BCUT2D eigenvalue weighted by Crippen LogP contribution is -2.47. The van der Waals surface area contributed by atoms with Crippen LogP contribution in [-0.4, -0.2) is 33.7 Å². The van der Waals surface area contributed by atoms with Gasteiger partial charge in [-0.15, -0.1) is 0 Å². The maximum absolute atomic E-state index is 12.5. The summed E-state index contributed by atoms with van der Waals surface area (Å²) >= 11 is 0. The molecular formula is C14H20N2O3S. The Labute approximate surface area is 120 Å². The number of amides is 1. The molecule has 20 heavy (non-hydrogen) atoms. The number of rotatable bonds is 4. The number of anilines is 2. The van der Waals surface area contributed by atoms with E-state index in [0.29, 0.717) is 11.4 Å². The highest BCUT2D eigenvalue weighted by atomic mass is 32.2. The Morgan fingerprint density at radius 3 is 2.45 bits per heavy atom. The lowest BCUT2D eigenvalue weighted by molar-refractivity contribution is -0.117. The first-order valence-corrected chi connectivity index (χ1v) is 8.33. The van der Waals surface area contributed by atoms with Gasteiger partial charge >= 0.3 is 0 Å². The zero-order chi connectivity index (χ0) is 14.9. The summed E-state index contributed by atoms with van der Waals surface area (Å²) in [5.41, 5.74) is 1.22. The summed E-state index contributed by atoms with van der Waals surface area (Å²) < 4.78 is 26.3. The van der Waals surface area contributed by atoms with Gasteiger partial charge in [-0.05, 0) is 18.1 Å². The molecule has 1 aliphatic heterocycles. The van der Waals surface area contributed by atoms with Crippen LogP contribution in [0.25, 0.3) is 0 Å². The van der Waals surface area contributed by atoms with Crippen molar-refractivity contribution in [3.63, 3.8) is 0 Å². The topological polar surface area (TPSA) is 57.7 Å². The van der Waals surface area contributed by atoms with Crippen LogP contribution in [0.4, 0.5) is 11.4 Å². The van der Waals surface area contributed by atoms with Gasteiger partial charge in [-0.1, -0.05) is 32.4 Å². The predicted molar refractivity (Wildman–Crippen MR) is 80.4 cm³/mol. The molecule has 1 aromatic carbocycles. The number of likely N-dealkylation sites (N-methyl/N-ethyl adjacent to an activating group) is 1. The van der Waals surface area contributed by atoms with Crippen LogP contribution in [0.5, 0.6) is 0 Å². The molecule has 6 heteroatoms. The molecule has 0 fully saturated rings. The number of carbonyl (C=O) groups excluding carboxylic acids is 1. The van der Waals surface area contributed by atoms with Crippen LogP contribution in [0.1, 0.15) is 20.3 Å². The molecule has 0 bridgehead atoms. The summed E-state index contributed by atoms with van der Waals surface area (Å²) in [7, 11) is -1.81. The molecular weight excluding hydrogens is 276 g/mol. The third kappa shape index (κ3) is 2.65. The third-order valence-corrected chi connectivity index (χ3v) is 5.68. The average molecular weight is 296 g/mol. The molecule has 110 valence electrons. The Morgan fingerprint density at radius 1 is 1.25 bits per heavy atom. The molecule has 1 heterocycles. The maximum atomic E-state index is 12.5. The second-order valence-corrected chi connectivity index (χ2v) is 7.18. The summed E-state index contributed by atoms with van der Waals surface area (Å²) in [4.78, 5) is 13.5. The van der Waals surface area contributed by atoms with Gasteiger partial charge < -0.3 is 4.90 Å². The van der Waals surface area contributed by atoms with E-state index in [9.17, 15) is 13.2 Å². The average Bonchev–Trinajstić information content (AvgIpc) is 2.42. The Balaban J connectivity index is 2.43. The molecule has 1 atom stereocenters. The first-order valence-electron chi connectivity index (χ1n) is 6.72. The van der Waals surface area contributed by atoms with E-state index in [4.69, 9.17) is 0 Å². The van der Waals surface area contributed by atoms with E-state index < -0.39 is 10.0 Å². The van der Waals surface area contributed by atoms with Crippen LogP contribution >= 0.6 is 0 Å². The molecule has 1 aromatic rings. The summed E-state index contributed by atoms with van der Waals surface area (Å²) in [5, 5.41) is 0. The monoisotopic (exact) mass is 296 g/mol. The minimum absolute atomic E-state index is 0.0643. The van der Waals surface area contributed by atoms with E-state index >= 15 is 0 Å². The summed E-state index contributed by atoms with van der Waals surface area (Å²) in [6.45, 7) is 3.75. The van der Waals surface area contributed by atoms with Gasteiger partial charge in [0.15, 0.2) is 0 Å². The molecule has 0 saturated heterocycles. The fraction of sp³-hybridized carbons (Fsp3) is 0.500. The zero-order valence-corrected chi connectivity index (χ0v) is 12.9. The minimum atomic E-state index is -3.48. The highest BCUT2D eigenvalue weighted by Crippen LogP contribution is 2.34. The SMILES string of the molecule is CCC(C)CS(=O)(=O)N1CC(=O)N(C)c2ccccc21. The van der Waals surface area contributed by atoms with Gasteiger partial charge in [0.05, 0.1) is 17.1 Å². The Hall–Kier alpha value is -1.56. The summed E-state index contributed by atoms with van der Waals surface area (Å²) in [6, 6.07) is 7.09. The number of nitrogens with zero attached hydrogens (tertiary/aromatic N) is 2. The van der Waals surface area contributed by atoms with Crippen molar-refractivity contribution in [2.45, 2.75) is 20.3 Å². The standard InChI is InChI=1S/C14H20N2O3S/c1-4-11(2)10-20(18,19)16-9-14(17)15(3)12-7-5-6-8-13(12)16/h5-8,11H,4,9-10H2,1-3H3. The van der Waals surface area contributed by atoms with E-state index in [1.807, 2.05) is 13.8 Å². The number of sulfonamides is 1. The highest BCUT2D eigenvalue weighted by Gasteiger charge is 2.34. The highest BCUT2D eigenvalue weighted by molar-refractivity contribution is 7.92. The Morgan fingerprint density at radius 2 is 1.85 bits per heavy atom. The molecule has 5 nitrogen and oxygen atoms in total. The second-order valence-electron chi connectivity index (χ2n) is 5.24. The van der Waals surface area contributed by atoms with E-state index in [0.717, 1.165) is 6.42 Å². The molecule has 1 unspecified atom stereocenters. The van der Waals surface area contributed by atoms with Crippen molar-refractivity contribution in [1.29, 1.82) is 0 Å². The van der Waals surface area contributed by atoms with Crippen molar-refractivity contribution >= 4 is 27.3 Å². The molecule has 1 aliphatic rings. The number of hydrogen-bond donors (Lipinski definition) is 0. The van der Waals surface area contributed by atoms with Gasteiger partial charge in [0.2, 0.25) is 15.9 Å². The predicted octanol–water partition coefficient (Wildman–Crippen LogP) is 1.85. The van der Waals surface area contributed by atoms with Crippen molar-refractivity contribution < 1.29 is 13.2 Å². The van der Waals surface area contributed by atoms with Gasteiger partial charge in [0, 0.05) is 7.05 Å². The van der Waals surface area contributed by atoms with E-state index in [2.05, 4.69) is 0 Å². The van der Waals surface area contributed by atoms with Crippen LogP contribution in [0, 0.1) is 5.92 Å². The zero-order valence-electron chi connectivity index (χ0n) is 12.0. The van der Waals surface area contributed by atoms with Crippen molar-refractivity contribution in [3.8, 4) is 0 Å². The number of para-hydroxylation sites is 2. The van der Waals surface area contributed by atoms with Gasteiger partial charge in [0.1, 0.15) is 6.54 Å². The summed E-state index contributed by atoms with van der Waals surface area (Å²) in [6.07, 6.45) is 0.794. The maximum Gasteiger partial charge on any atom is 0.247 e. The fourth-order valence-electron chi connectivity index (χ4n) is 2.22. The number of fused-ring (bicyclic) bond motifs is 1. The van der Waals surface area contributed by atoms with Crippen molar-refractivity contribution in [2.24, 2.45) is 5.92 Å². The molecule has 0 saturated carbocycles. The Kier molecular flexibility index (Phi) is 4.04. The number of carbonyl (C=O) groups is 1. The van der Waals surface area contributed by atoms with Crippen molar-refractivity contribution in [2.75, 3.05) is 28.6 Å². The van der Waals surface area contributed by atoms with Gasteiger partial charge in [-0.25, -0.2) is 8.42 Å². The van der Waals surface area contributed by atoms with Gasteiger partial charge in [0.25, 0.3) is 0 Å². The normalized spacial score (nSPS) is 17.1. The van der Waals surface area contributed by atoms with Crippen LogP contribution in [0.3, 0.4) is 0 Å². The summed E-state index contributed by atoms with van der Waals surface area (Å²) in [5.74, 6) is -0.0761. The molecule has 2 rings (SSSR count). The molecule has 1 amide bonds. The van der Waals surface area contributed by atoms with Gasteiger partial charge in [-0.2, -0.15) is 0 Å². The quantitative estimate of drug-likeness (QED) is 0.852. The third-order valence-electron chi connectivity index (χ3n) is 3.69. The van der Waals surface area contributed by atoms with E-state index in [-0.39, 0.29) is 24.1 Å². The van der Waals surface area contributed by atoms with Crippen LogP contribution in [-0.2, 0) is 14.8 Å². The van der Waals surface area contributed by atoms with Crippen molar-refractivity contribution in [1.82, 2.24) is 0 Å². The lowest BCUT2D eigenvalue weighted by Gasteiger charge is -2.35. The lowest BCUT2D eigenvalue weighted by atomic mass is 10.2. The largest absolute Gasteiger partial charge is 0.312 e. The number of hydrogen-bond acceptors (Lipinski definition) is 3. The molecule has 0 N–H and O–H groups in total. The second kappa shape index (κ2) is 5.44. The minimum Gasteiger partial charge on any atom is -0.312 e. The molecule has 0 radical (unpaired) electrons. The smallest absolute Gasteiger partial charge is 0.247 e. The van der Waals surface area contributed by atoms with Crippen LogP contribution < -0.4 is 9.21 Å². The first-order chi connectivity index (χ1) is 9.36. The van der Waals surface area contributed by atoms with Gasteiger partial charge in [-0.3, -0.25) is 9.10 Å². The fourth-order valence-corrected chi connectivity index (χ4v) is 4.12. The molecule has 0 aromatic heterocycles. The first kappa shape index (κ1) is 14.8. The van der Waals surface area contributed by atoms with Crippen LogP contribution in [0.15, 0.2) is 24.3 Å².